The van der Waals surface area contributed by atoms with E-state index in [2.05, 4.69) is 5.32 Å². The van der Waals surface area contributed by atoms with Gasteiger partial charge in [0.15, 0.2) is 0 Å². The van der Waals surface area contributed by atoms with Gasteiger partial charge in [-0.2, -0.15) is 0 Å². The summed E-state index contributed by atoms with van der Waals surface area (Å²) in [5.74, 6) is 0.715. The van der Waals surface area contributed by atoms with Gasteiger partial charge in [0.25, 0.3) is 0 Å². The second kappa shape index (κ2) is 11.5. The molecule has 0 spiro atoms. The smallest absolute Gasteiger partial charge is 0.335 e. The quantitative estimate of drug-likeness (QED) is 0.578. The molecule has 0 saturated heterocycles. The molecule has 31 heavy (non-hydrogen) atoms. The summed E-state index contributed by atoms with van der Waals surface area (Å²) in [5.41, 5.74) is 1.17. The fraction of sp³-hybridized carbons (Fsp3) is 0.462. The van der Waals surface area contributed by atoms with Gasteiger partial charge in [-0.05, 0) is 68.4 Å². The highest BCUT2D eigenvalue weighted by molar-refractivity contribution is 5.87. The van der Waals surface area contributed by atoms with Gasteiger partial charge in [0, 0.05) is 5.92 Å². The number of benzene rings is 2. The van der Waals surface area contributed by atoms with Crippen LogP contribution in [0.4, 0.5) is 0 Å². The molecule has 3 atom stereocenters. The van der Waals surface area contributed by atoms with Crippen LogP contribution in [0.2, 0.25) is 0 Å². The van der Waals surface area contributed by atoms with E-state index >= 15 is 0 Å². The third-order valence-corrected chi connectivity index (χ3v) is 6.26. The summed E-state index contributed by atoms with van der Waals surface area (Å²) in [6.07, 6.45) is 7.37. The molecule has 1 aliphatic carbocycles. The molecule has 5 nitrogen and oxygen atoms in total. The van der Waals surface area contributed by atoms with E-state index < -0.39 is 5.97 Å². The number of carboxylic acid groups (broad SMARTS) is 1. The van der Waals surface area contributed by atoms with E-state index in [1.165, 1.54) is 6.42 Å². The molecule has 3 rings (SSSR count). The lowest BCUT2D eigenvalue weighted by molar-refractivity contribution is -0.126. The van der Waals surface area contributed by atoms with Crippen LogP contribution in [0.3, 0.4) is 0 Å². The molecule has 0 aliphatic heterocycles. The van der Waals surface area contributed by atoms with Gasteiger partial charge in [0.2, 0.25) is 5.91 Å². The highest BCUT2D eigenvalue weighted by atomic mass is 16.5. The van der Waals surface area contributed by atoms with Gasteiger partial charge >= 0.3 is 5.97 Å². The largest absolute Gasteiger partial charge is 0.494 e. The van der Waals surface area contributed by atoms with E-state index in [1.807, 2.05) is 37.3 Å². The van der Waals surface area contributed by atoms with Crippen molar-refractivity contribution in [3.05, 3.63) is 65.7 Å². The van der Waals surface area contributed by atoms with E-state index in [9.17, 15) is 9.59 Å². The predicted octanol–water partition coefficient (Wildman–Crippen LogP) is 5.62. The molecule has 2 aromatic rings. The Labute approximate surface area is 184 Å². The number of carbonyl (C=O) groups is 2. The molecular formula is C26H33NO4. The molecule has 5 heteroatoms. The molecular weight excluding hydrogens is 390 g/mol. The molecule has 1 fully saturated rings. The minimum Gasteiger partial charge on any atom is -0.494 e. The third kappa shape index (κ3) is 7.12. The Bertz CT molecular complexity index is 834. The van der Waals surface area contributed by atoms with Crippen LogP contribution in [0.1, 0.15) is 73.8 Å². The molecule has 1 saturated carbocycles. The molecule has 166 valence electrons. The Balaban J connectivity index is 1.46. The van der Waals surface area contributed by atoms with E-state index in [0.717, 1.165) is 56.4 Å². The summed E-state index contributed by atoms with van der Waals surface area (Å²) in [4.78, 5) is 23.9. The van der Waals surface area contributed by atoms with Crippen molar-refractivity contribution in [1.29, 1.82) is 0 Å². The van der Waals surface area contributed by atoms with Gasteiger partial charge in [-0.25, -0.2) is 4.79 Å². The van der Waals surface area contributed by atoms with Crippen molar-refractivity contribution in [3.63, 3.8) is 0 Å². The van der Waals surface area contributed by atoms with E-state index in [4.69, 9.17) is 9.84 Å². The summed E-state index contributed by atoms with van der Waals surface area (Å²) >= 11 is 0. The van der Waals surface area contributed by atoms with Crippen LogP contribution in [-0.4, -0.2) is 23.6 Å². The highest BCUT2D eigenvalue weighted by Gasteiger charge is 2.24. The van der Waals surface area contributed by atoms with Crippen molar-refractivity contribution in [2.75, 3.05) is 6.61 Å². The molecule has 0 radical (unpaired) electrons. The maximum atomic E-state index is 12.9. The maximum absolute atomic E-state index is 12.9. The summed E-state index contributed by atoms with van der Waals surface area (Å²) in [7, 11) is 0. The zero-order valence-electron chi connectivity index (χ0n) is 18.3. The number of rotatable bonds is 8. The van der Waals surface area contributed by atoms with Gasteiger partial charge in [0.05, 0.1) is 18.2 Å². The van der Waals surface area contributed by atoms with E-state index in [0.29, 0.717) is 5.92 Å². The van der Waals surface area contributed by atoms with Gasteiger partial charge in [-0.3, -0.25) is 4.79 Å². The first kappa shape index (κ1) is 22.9. The predicted molar refractivity (Wildman–Crippen MR) is 121 cm³/mol. The number of carboxylic acids is 1. The Morgan fingerprint density at radius 1 is 1.00 bits per heavy atom. The van der Waals surface area contributed by atoms with Crippen molar-refractivity contribution in [1.82, 2.24) is 5.32 Å². The number of hydrogen-bond donors (Lipinski definition) is 2. The molecule has 2 N–H and O–H groups in total. The van der Waals surface area contributed by atoms with E-state index in [-0.39, 0.29) is 23.4 Å². The lowest BCUT2D eigenvalue weighted by atomic mass is 9.83. The Kier molecular flexibility index (Phi) is 8.51. The van der Waals surface area contributed by atoms with Crippen molar-refractivity contribution in [3.8, 4) is 5.75 Å². The number of ether oxygens (including phenoxy) is 1. The van der Waals surface area contributed by atoms with Gasteiger partial charge in [-0.15, -0.1) is 0 Å². The molecule has 0 heterocycles. The van der Waals surface area contributed by atoms with Crippen molar-refractivity contribution in [2.24, 2.45) is 11.8 Å². The topological polar surface area (TPSA) is 75.6 Å². The minimum absolute atomic E-state index is 0.0404. The third-order valence-electron chi connectivity index (χ3n) is 6.26. The molecule has 1 amide bonds. The molecule has 0 bridgehead atoms. The van der Waals surface area contributed by atoms with Crippen molar-refractivity contribution < 1.29 is 19.4 Å². The van der Waals surface area contributed by atoms with Crippen LogP contribution in [0.25, 0.3) is 0 Å². The first-order valence-corrected chi connectivity index (χ1v) is 11.3. The Hall–Kier alpha value is -2.82. The van der Waals surface area contributed by atoms with E-state index in [1.54, 1.807) is 24.3 Å². The van der Waals surface area contributed by atoms with Crippen LogP contribution in [0, 0.1) is 11.8 Å². The zero-order chi connectivity index (χ0) is 22.1. The monoisotopic (exact) mass is 423 g/mol. The summed E-state index contributed by atoms with van der Waals surface area (Å²) < 4.78 is 5.86. The van der Waals surface area contributed by atoms with Crippen LogP contribution >= 0.6 is 0 Å². The standard InChI is InChI=1S/C26H33NO4/c1-19(21-13-15-23(16-14-21)26(29)30)27-25(28)22-8-6-5-7-20(11-12-22)17-18-31-24-9-3-2-4-10-24/h2-4,9-10,13-16,19-20,22H,5-8,11-12,17-18H2,1H3,(H,27,28)(H,29,30). The van der Waals surface area contributed by atoms with Crippen LogP contribution in [-0.2, 0) is 4.79 Å². The van der Waals surface area contributed by atoms with Gasteiger partial charge in [0.1, 0.15) is 5.75 Å². The highest BCUT2D eigenvalue weighted by Crippen LogP contribution is 2.29. The number of aromatic carboxylic acids is 1. The van der Waals surface area contributed by atoms with Gasteiger partial charge in [-0.1, -0.05) is 49.6 Å². The lowest BCUT2D eigenvalue weighted by Crippen LogP contribution is -2.33. The first-order chi connectivity index (χ1) is 15.0. The van der Waals surface area contributed by atoms with Crippen LogP contribution in [0.5, 0.6) is 5.75 Å². The maximum Gasteiger partial charge on any atom is 0.335 e. The number of carbonyl (C=O) groups excluding carboxylic acids is 1. The summed E-state index contributed by atoms with van der Waals surface area (Å²) in [6, 6.07) is 16.5. The molecule has 1 aliphatic rings. The Morgan fingerprint density at radius 3 is 2.42 bits per heavy atom. The summed E-state index contributed by atoms with van der Waals surface area (Å²) in [5, 5.41) is 12.2. The van der Waals surface area contributed by atoms with Gasteiger partial charge < -0.3 is 15.2 Å². The Morgan fingerprint density at radius 2 is 1.71 bits per heavy atom. The molecule has 3 unspecified atom stereocenters. The second-order valence-corrected chi connectivity index (χ2v) is 8.53. The number of amides is 1. The fourth-order valence-electron chi connectivity index (χ4n) is 4.29. The minimum atomic E-state index is -0.943. The SMILES string of the molecule is CC(NC(=O)C1CCCCC(CCOc2ccccc2)CC1)c1ccc(C(=O)O)cc1. The van der Waals surface area contributed by atoms with Crippen molar-refractivity contribution in [2.45, 2.75) is 57.9 Å². The second-order valence-electron chi connectivity index (χ2n) is 8.53. The van der Waals surface area contributed by atoms with Crippen LogP contribution in [0.15, 0.2) is 54.6 Å². The average Bonchev–Trinajstić information content (AvgIpc) is 2.76. The normalized spacial score (nSPS) is 20.2. The van der Waals surface area contributed by atoms with Crippen molar-refractivity contribution >= 4 is 11.9 Å². The number of hydrogen-bond acceptors (Lipinski definition) is 3. The average molecular weight is 424 g/mol. The molecule has 2 aromatic carbocycles. The van der Waals surface area contributed by atoms with Crippen LogP contribution < -0.4 is 10.1 Å². The fourth-order valence-corrected chi connectivity index (χ4v) is 4.29. The lowest BCUT2D eigenvalue weighted by Gasteiger charge is -2.26. The molecule has 0 aromatic heterocycles. The first-order valence-electron chi connectivity index (χ1n) is 11.3. The zero-order valence-corrected chi connectivity index (χ0v) is 18.3. The summed E-state index contributed by atoms with van der Waals surface area (Å²) in [6.45, 7) is 2.66. The number of para-hydroxylation sites is 1. The number of nitrogens with one attached hydrogen (secondary N) is 1.